The van der Waals surface area contributed by atoms with Crippen molar-refractivity contribution < 1.29 is 42.7 Å². The summed E-state index contributed by atoms with van der Waals surface area (Å²) in [5.74, 6) is -5.66. The highest BCUT2D eigenvalue weighted by molar-refractivity contribution is 7.94. The van der Waals surface area contributed by atoms with Crippen LogP contribution in [0.25, 0.3) is 0 Å². The Morgan fingerprint density at radius 3 is 2.00 bits per heavy atom. The summed E-state index contributed by atoms with van der Waals surface area (Å²) in [5.41, 5.74) is -0.313. The molecule has 0 radical (unpaired) electrons. The van der Waals surface area contributed by atoms with Crippen molar-refractivity contribution in [1.29, 1.82) is 0 Å². The van der Waals surface area contributed by atoms with Crippen LogP contribution >= 0.6 is 0 Å². The monoisotopic (exact) mass is 587 g/mol. The molecule has 0 fully saturated rings. The number of sulfonamides is 1. The maximum Gasteiger partial charge on any atom is 0.334 e. The molecule has 1 heterocycles. The Morgan fingerprint density at radius 1 is 1.00 bits per heavy atom. The van der Waals surface area contributed by atoms with Crippen LogP contribution in [0.5, 0.6) is 0 Å². The first-order chi connectivity index (χ1) is 19.1. The smallest absolute Gasteiger partial charge is 0.334 e. The van der Waals surface area contributed by atoms with Gasteiger partial charge in [0.15, 0.2) is 5.25 Å². The molecule has 0 amide bonds. The van der Waals surface area contributed by atoms with E-state index in [9.17, 15) is 43.1 Å². The highest BCUT2D eigenvalue weighted by atomic mass is 32.2. The molecule has 2 atom stereocenters. The van der Waals surface area contributed by atoms with E-state index in [1.165, 1.54) is 51.1 Å². The van der Waals surface area contributed by atoms with Crippen LogP contribution in [-0.2, 0) is 29.1 Å². The van der Waals surface area contributed by atoms with Gasteiger partial charge in [0.25, 0.3) is 5.69 Å². The van der Waals surface area contributed by atoms with Gasteiger partial charge in [0.05, 0.1) is 35.1 Å². The lowest BCUT2D eigenvalue weighted by atomic mass is 9.79. The maximum absolute atomic E-state index is 13.5. The van der Waals surface area contributed by atoms with Gasteiger partial charge in [-0.25, -0.2) is 18.0 Å². The van der Waals surface area contributed by atoms with Crippen LogP contribution in [0.1, 0.15) is 37.8 Å². The number of benzene rings is 2. The molecular weight excluding hydrogens is 558 g/mol. The van der Waals surface area contributed by atoms with Gasteiger partial charge >= 0.3 is 17.9 Å². The predicted octanol–water partition coefficient (Wildman–Crippen LogP) is 3.39. The number of nitrogens with one attached hydrogen (secondary N) is 1. The molecule has 0 saturated heterocycles. The number of methoxy groups -OCH3 is 1. The third-order valence-corrected chi connectivity index (χ3v) is 8.65. The summed E-state index contributed by atoms with van der Waals surface area (Å²) in [6.45, 7) is 5.83. The summed E-state index contributed by atoms with van der Waals surface area (Å²) in [6, 6.07) is 9.90. The lowest BCUT2D eigenvalue weighted by Crippen LogP contribution is -2.52. The van der Waals surface area contributed by atoms with Gasteiger partial charge in [0, 0.05) is 29.2 Å². The summed E-state index contributed by atoms with van der Waals surface area (Å²) < 4.78 is 34.2. The fourth-order valence-electron chi connectivity index (χ4n) is 5.08. The minimum absolute atomic E-state index is 0.0400. The van der Waals surface area contributed by atoms with Crippen LogP contribution < -0.4 is 4.72 Å². The van der Waals surface area contributed by atoms with Crippen molar-refractivity contribution in [3.05, 3.63) is 92.3 Å². The highest BCUT2D eigenvalue weighted by Gasteiger charge is 2.47. The number of aliphatic carboxylic acids is 2. The predicted molar refractivity (Wildman–Crippen MR) is 147 cm³/mol. The van der Waals surface area contributed by atoms with Gasteiger partial charge < -0.3 is 19.8 Å². The van der Waals surface area contributed by atoms with E-state index in [-0.39, 0.29) is 28.3 Å². The average molecular weight is 588 g/mol. The standard InChI is InChI=1S/C27H29N3O10S/c1-14-9-11-19(12-10-14)28-41(38,39)24(27(35)40-5)17(4)29-15(2)21(25(31)32)23(22(16(29)3)26(33)34)18-7-6-8-20(13-18)30(36)37/h6-13,17,23-24,28H,1-5H3,(H,31,32)(H,33,34). The van der Waals surface area contributed by atoms with Gasteiger partial charge in [-0.3, -0.25) is 19.6 Å². The van der Waals surface area contributed by atoms with Gasteiger partial charge in [0.2, 0.25) is 10.0 Å². The second-order valence-corrected chi connectivity index (χ2v) is 11.3. The summed E-state index contributed by atoms with van der Waals surface area (Å²) in [7, 11) is -3.54. The molecular formula is C27H29N3O10S. The molecule has 3 rings (SSSR count). The van der Waals surface area contributed by atoms with Crippen molar-refractivity contribution >= 4 is 39.3 Å². The van der Waals surface area contributed by atoms with E-state index in [0.29, 0.717) is 0 Å². The molecule has 2 aromatic rings. The van der Waals surface area contributed by atoms with Crippen LogP contribution in [0.2, 0.25) is 0 Å². The Hall–Kier alpha value is -4.72. The van der Waals surface area contributed by atoms with Crippen LogP contribution in [0, 0.1) is 17.0 Å². The molecule has 13 nitrogen and oxygen atoms in total. The molecule has 14 heteroatoms. The summed E-state index contributed by atoms with van der Waals surface area (Å²) in [6.07, 6.45) is 0. The number of ether oxygens (including phenoxy) is 1. The number of hydrogen-bond donors (Lipinski definition) is 3. The minimum atomic E-state index is -4.53. The number of esters is 1. The number of nitro groups is 1. The average Bonchev–Trinajstić information content (AvgIpc) is 2.88. The lowest BCUT2D eigenvalue weighted by molar-refractivity contribution is -0.384. The van der Waals surface area contributed by atoms with Gasteiger partial charge in [0.1, 0.15) is 0 Å². The summed E-state index contributed by atoms with van der Waals surface area (Å²) in [4.78, 5) is 49.9. The quantitative estimate of drug-likeness (QED) is 0.209. The maximum atomic E-state index is 13.5. The van der Waals surface area contributed by atoms with Crippen LogP contribution in [0.15, 0.2) is 71.1 Å². The van der Waals surface area contributed by atoms with Gasteiger partial charge in [-0.15, -0.1) is 0 Å². The van der Waals surface area contributed by atoms with Gasteiger partial charge in [-0.05, 0) is 45.4 Å². The first-order valence-electron chi connectivity index (χ1n) is 12.2. The van der Waals surface area contributed by atoms with Crippen molar-refractivity contribution in [3.63, 3.8) is 0 Å². The number of carbonyl (C=O) groups is 3. The molecule has 0 saturated carbocycles. The first kappa shape index (κ1) is 30.8. The van der Waals surface area contributed by atoms with Gasteiger partial charge in [-0.1, -0.05) is 29.8 Å². The number of nitrogens with zero attached hydrogens (tertiary/aromatic N) is 2. The van der Waals surface area contributed by atoms with E-state index in [1.54, 1.807) is 19.1 Å². The second-order valence-electron chi connectivity index (χ2n) is 9.46. The molecule has 2 unspecified atom stereocenters. The number of nitro benzene ring substituents is 1. The number of aryl methyl sites for hydroxylation is 1. The normalized spacial score (nSPS) is 15.8. The lowest BCUT2D eigenvalue weighted by Gasteiger charge is -2.42. The Balaban J connectivity index is 2.23. The zero-order valence-corrected chi connectivity index (χ0v) is 23.6. The number of rotatable bonds is 10. The number of carbonyl (C=O) groups excluding carboxylic acids is 1. The highest BCUT2D eigenvalue weighted by Crippen LogP contribution is 2.44. The van der Waals surface area contributed by atoms with E-state index in [0.717, 1.165) is 23.6 Å². The summed E-state index contributed by atoms with van der Waals surface area (Å²) >= 11 is 0. The van der Waals surface area contributed by atoms with E-state index >= 15 is 0 Å². The van der Waals surface area contributed by atoms with Crippen molar-refractivity contribution in [2.24, 2.45) is 0 Å². The largest absolute Gasteiger partial charge is 0.478 e. The molecule has 41 heavy (non-hydrogen) atoms. The zero-order valence-electron chi connectivity index (χ0n) is 22.8. The Morgan fingerprint density at radius 2 is 1.54 bits per heavy atom. The number of anilines is 1. The molecule has 1 aliphatic rings. The fraction of sp³-hybridized carbons (Fsp3) is 0.296. The van der Waals surface area contributed by atoms with E-state index in [4.69, 9.17) is 4.74 Å². The Labute approximate surface area is 235 Å². The van der Waals surface area contributed by atoms with Crippen molar-refractivity contribution in [2.75, 3.05) is 11.8 Å². The second kappa shape index (κ2) is 11.8. The van der Waals surface area contributed by atoms with E-state index in [2.05, 4.69) is 4.72 Å². The third kappa shape index (κ3) is 6.06. The number of non-ortho nitro benzene ring substituents is 1. The Bertz CT molecular complexity index is 1540. The van der Waals surface area contributed by atoms with Crippen LogP contribution in [0.3, 0.4) is 0 Å². The zero-order chi connectivity index (χ0) is 30.8. The number of allylic oxidation sites excluding steroid dienone is 2. The Kier molecular flexibility index (Phi) is 8.87. The van der Waals surface area contributed by atoms with Crippen LogP contribution in [-0.4, -0.2) is 64.8 Å². The molecule has 2 aromatic carbocycles. The minimum Gasteiger partial charge on any atom is -0.478 e. The fourth-order valence-corrected chi connectivity index (χ4v) is 6.66. The van der Waals surface area contributed by atoms with Crippen LogP contribution in [0.4, 0.5) is 11.4 Å². The number of carboxylic acid groups (broad SMARTS) is 2. The first-order valence-corrected chi connectivity index (χ1v) is 13.7. The van der Waals surface area contributed by atoms with Crippen molar-refractivity contribution in [2.45, 2.75) is 44.9 Å². The molecule has 0 aromatic heterocycles. The molecule has 3 N–H and O–H groups in total. The number of hydrogen-bond acceptors (Lipinski definition) is 9. The molecule has 0 bridgehead atoms. The molecule has 218 valence electrons. The third-order valence-electron chi connectivity index (χ3n) is 6.88. The van der Waals surface area contributed by atoms with Gasteiger partial charge in [-0.2, -0.15) is 0 Å². The topological polar surface area (TPSA) is 193 Å². The molecule has 0 spiro atoms. The summed E-state index contributed by atoms with van der Waals surface area (Å²) in [5, 5.41) is 29.9. The molecule has 0 aliphatic carbocycles. The van der Waals surface area contributed by atoms with E-state index in [1.807, 2.05) is 0 Å². The number of carboxylic acids is 2. The van der Waals surface area contributed by atoms with E-state index < -0.39 is 61.2 Å². The SMILES string of the molecule is COC(=O)C(C(C)N1C(C)=C(C(=O)O)C(c2cccc([N+](=O)[O-])c2)C(C(=O)O)=C1C)S(=O)(=O)Nc1ccc(C)cc1. The van der Waals surface area contributed by atoms with Crippen molar-refractivity contribution in [1.82, 2.24) is 4.90 Å². The molecule has 1 aliphatic heterocycles. The van der Waals surface area contributed by atoms with Crippen molar-refractivity contribution in [3.8, 4) is 0 Å².